The van der Waals surface area contributed by atoms with Crippen molar-refractivity contribution in [3.63, 3.8) is 0 Å². The Morgan fingerprint density at radius 3 is 2.56 bits per heavy atom. The minimum atomic E-state index is -4.26. The number of benzene rings is 1. The molecule has 0 radical (unpaired) electrons. The van der Waals surface area contributed by atoms with Gasteiger partial charge in [0.1, 0.15) is 0 Å². The second-order valence-corrected chi connectivity index (χ2v) is 11.2. The monoisotopic (exact) mass is 482 g/mol. The van der Waals surface area contributed by atoms with Crippen LogP contribution >= 0.6 is 0 Å². The van der Waals surface area contributed by atoms with Crippen molar-refractivity contribution in [1.29, 1.82) is 0 Å². The van der Waals surface area contributed by atoms with Gasteiger partial charge in [0, 0.05) is 29.1 Å². The molecule has 0 bridgehead atoms. The lowest BCUT2D eigenvalue weighted by Gasteiger charge is -2.28. The number of nitrogens with one attached hydrogen (secondary N) is 1. The molecule has 1 aliphatic carbocycles. The molecular weight excluding hydrogens is 452 g/mol. The molecule has 1 amide bonds. The highest BCUT2D eigenvalue weighted by Gasteiger charge is 2.29. The fourth-order valence-corrected chi connectivity index (χ4v) is 5.06. The van der Waals surface area contributed by atoms with Gasteiger partial charge < -0.3 is 4.74 Å². The minimum absolute atomic E-state index is 0.0815. The summed E-state index contributed by atoms with van der Waals surface area (Å²) < 4.78 is 35.5. The molecule has 1 aromatic carbocycles. The lowest BCUT2D eigenvalue weighted by Crippen LogP contribution is -2.32. The molecule has 3 aromatic rings. The molecule has 9 heteroatoms. The number of ether oxygens (including phenoxy) is 1. The first-order valence-electron chi connectivity index (χ1n) is 11.3. The molecule has 2 aromatic heterocycles. The lowest BCUT2D eigenvalue weighted by molar-refractivity contribution is 0.0981. The van der Waals surface area contributed by atoms with Gasteiger partial charge in [-0.3, -0.25) is 9.48 Å². The number of aromatic nitrogens is 3. The van der Waals surface area contributed by atoms with E-state index < -0.39 is 15.9 Å². The maximum atomic E-state index is 13.2. The van der Waals surface area contributed by atoms with E-state index in [1.807, 2.05) is 49.8 Å². The van der Waals surface area contributed by atoms with Crippen molar-refractivity contribution < 1.29 is 17.9 Å². The van der Waals surface area contributed by atoms with E-state index in [0.29, 0.717) is 23.7 Å². The van der Waals surface area contributed by atoms with Gasteiger partial charge in [-0.15, -0.1) is 0 Å². The van der Waals surface area contributed by atoms with Gasteiger partial charge >= 0.3 is 0 Å². The molecule has 0 unspecified atom stereocenters. The van der Waals surface area contributed by atoms with Crippen molar-refractivity contribution in [3.8, 4) is 5.75 Å². The van der Waals surface area contributed by atoms with Crippen molar-refractivity contribution in [2.45, 2.75) is 62.9 Å². The van der Waals surface area contributed by atoms with E-state index in [9.17, 15) is 13.2 Å². The largest absolute Gasteiger partial charge is 0.494 e. The van der Waals surface area contributed by atoms with Crippen LogP contribution in [0.1, 0.15) is 73.1 Å². The van der Waals surface area contributed by atoms with Crippen LogP contribution in [0.25, 0.3) is 0 Å². The Bertz CT molecular complexity index is 1290. The standard InChI is InChI=1S/C25H30N4O4S/c1-25(2,3)22-12-11-21(33-4)24(27-22)34(31,32)28-23(30)18-9-10-19(16-29-14-6-13-26-29)20(15-18)17-7-5-8-17/h6,9-15,17H,5,7-8,16H2,1-4H3,(H,28,30). The topological polar surface area (TPSA) is 103 Å². The average Bonchev–Trinajstić information content (AvgIpc) is 3.25. The molecule has 0 spiro atoms. The van der Waals surface area contributed by atoms with E-state index in [0.717, 1.165) is 30.4 Å². The Labute approximate surface area is 200 Å². The normalized spacial score (nSPS) is 14.5. The zero-order valence-electron chi connectivity index (χ0n) is 19.9. The summed E-state index contributed by atoms with van der Waals surface area (Å²) in [7, 11) is -2.89. The maximum Gasteiger partial charge on any atom is 0.285 e. The number of amides is 1. The molecule has 2 heterocycles. The summed E-state index contributed by atoms with van der Waals surface area (Å²) >= 11 is 0. The first-order chi connectivity index (χ1) is 16.1. The Morgan fingerprint density at radius 1 is 1.21 bits per heavy atom. The molecule has 1 N–H and O–H groups in total. The van der Waals surface area contributed by atoms with Crippen LogP contribution in [0.5, 0.6) is 5.75 Å². The zero-order valence-corrected chi connectivity index (χ0v) is 20.7. The predicted octanol–water partition coefficient (Wildman–Crippen LogP) is 4.02. The van der Waals surface area contributed by atoms with Crippen molar-refractivity contribution in [1.82, 2.24) is 19.5 Å². The smallest absolute Gasteiger partial charge is 0.285 e. The summed E-state index contributed by atoms with van der Waals surface area (Å²) in [4.78, 5) is 17.4. The van der Waals surface area contributed by atoms with Gasteiger partial charge in [0.25, 0.3) is 15.9 Å². The number of hydrogen-bond donors (Lipinski definition) is 1. The van der Waals surface area contributed by atoms with Gasteiger partial charge in [-0.25, -0.2) is 9.71 Å². The van der Waals surface area contributed by atoms with E-state index in [-0.39, 0.29) is 16.2 Å². The number of rotatable bonds is 7. The summed E-state index contributed by atoms with van der Waals surface area (Å²) in [6, 6.07) is 10.5. The second kappa shape index (κ2) is 9.21. The number of pyridine rings is 1. The first-order valence-corrected chi connectivity index (χ1v) is 12.8. The number of methoxy groups -OCH3 is 1. The van der Waals surface area contributed by atoms with Crippen molar-refractivity contribution in [3.05, 3.63) is 71.2 Å². The van der Waals surface area contributed by atoms with Crippen LogP contribution in [0.4, 0.5) is 0 Å². The SMILES string of the molecule is COc1ccc(C(C)(C)C)nc1S(=O)(=O)NC(=O)c1ccc(Cn2cccn2)c(C2CCC2)c1. The van der Waals surface area contributed by atoms with Crippen molar-refractivity contribution in [2.75, 3.05) is 7.11 Å². The fraction of sp³-hybridized carbons (Fsp3) is 0.400. The molecule has 8 nitrogen and oxygen atoms in total. The number of sulfonamides is 1. The van der Waals surface area contributed by atoms with Gasteiger partial charge in [0.2, 0.25) is 5.03 Å². The van der Waals surface area contributed by atoms with Gasteiger partial charge in [-0.1, -0.05) is 33.3 Å². The van der Waals surface area contributed by atoms with E-state index in [4.69, 9.17) is 4.74 Å². The van der Waals surface area contributed by atoms with Crippen LogP contribution in [0, 0.1) is 0 Å². The molecule has 0 aliphatic heterocycles. The third kappa shape index (κ3) is 4.99. The molecule has 4 rings (SSSR count). The van der Waals surface area contributed by atoms with Gasteiger partial charge in [0.15, 0.2) is 5.75 Å². The number of nitrogens with zero attached hydrogens (tertiary/aromatic N) is 3. The Morgan fingerprint density at radius 2 is 1.97 bits per heavy atom. The Hall–Kier alpha value is -3.20. The molecule has 0 saturated heterocycles. The fourth-order valence-electron chi connectivity index (χ4n) is 3.97. The maximum absolute atomic E-state index is 13.2. The molecule has 180 valence electrons. The molecule has 0 atom stereocenters. The number of carbonyl (C=O) groups excluding carboxylic acids is 1. The first kappa shape index (κ1) is 23.9. The third-order valence-corrected chi connectivity index (χ3v) is 7.40. The molecule has 1 fully saturated rings. The van der Waals surface area contributed by atoms with E-state index >= 15 is 0 Å². The van der Waals surface area contributed by atoms with Crippen molar-refractivity contribution >= 4 is 15.9 Å². The highest BCUT2D eigenvalue weighted by Crippen LogP contribution is 2.38. The zero-order chi connectivity index (χ0) is 24.5. The van der Waals surface area contributed by atoms with Gasteiger partial charge in [-0.05, 0) is 60.2 Å². The number of carbonyl (C=O) groups is 1. The third-order valence-electron chi connectivity index (χ3n) is 6.14. The predicted molar refractivity (Wildman–Crippen MR) is 129 cm³/mol. The summed E-state index contributed by atoms with van der Waals surface area (Å²) in [5.41, 5.74) is 2.64. The summed E-state index contributed by atoms with van der Waals surface area (Å²) in [6.07, 6.45) is 6.87. The van der Waals surface area contributed by atoms with Gasteiger partial charge in [-0.2, -0.15) is 13.5 Å². The minimum Gasteiger partial charge on any atom is -0.494 e. The summed E-state index contributed by atoms with van der Waals surface area (Å²) in [5.74, 6) is -0.255. The van der Waals surface area contributed by atoms with Crippen molar-refractivity contribution in [2.24, 2.45) is 0 Å². The second-order valence-electron chi connectivity index (χ2n) is 9.63. The molecule has 1 aliphatic rings. The van der Waals surface area contributed by atoms with Gasteiger partial charge in [0.05, 0.1) is 13.7 Å². The highest BCUT2D eigenvalue weighted by atomic mass is 32.2. The van der Waals surface area contributed by atoms with Crippen LogP contribution in [-0.2, 0) is 22.0 Å². The number of hydrogen-bond acceptors (Lipinski definition) is 6. The summed E-state index contributed by atoms with van der Waals surface area (Å²) in [6.45, 7) is 6.40. The summed E-state index contributed by atoms with van der Waals surface area (Å²) in [5, 5.41) is 3.97. The van der Waals surface area contributed by atoms with Crippen LogP contribution in [-0.4, -0.2) is 36.2 Å². The van der Waals surface area contributed by atoms with Crippen LogP contribution in [0.3, 0.4) is 0 Å². The average molecular weight is 483 g/mol. The van der Waals surface area contributed by atoms with Crippen LogP contribution in [0.2, 0.25) is 0 Å². The molecule has 1 saturated carbocycles. The quantitative estimate of drug-likeness (QED) is 0.546. The van der Waals surface area contributed by atoms with Crippen LogP contribution < -0.4 is 9.46 Å². The Balaban J connectivity index is 1.63. The van der Waals surface area contributed by atoms with E-state index in [1.54, 1.807) is 24.4 Å². The van der Waals surface area contributed by atoms with E-state index in [2.05, 4.69) is 14.8 Å². The molecular formula is C25H30N4O4S. The van der Waals surface area contributed by atoms with E-state index in [1.165, 1.54) is 7.11 Å². The lowest BCUT2D eigenvalue weighted by atomic mass is 9.77. The highest BCUT2D eigenvalue weighted by molar-refractivity contribution is 7.90. The van der Waals surface area contributed by atoms with Crippen LogP contribution in [0.15, 0.2) is 53.8 Å². The molecule has 34 heavy (non-hydrogen) atoms. The Kier molecular flexibility index (Phi) is 6.49.